The molecule has 26 heavy (non-hydrogen) atoms. The second-order valence-corrected chi connectivity index (χ2v) is 6.79. The lowest BCUT2D eigenvalue weighted by Gasteiger charge is -2.09. The van der Waals surface area contributed by atoms with Crippen molar-refractivity contribution in [1.82, 2.24) is 20.2 Å². The fourth-order valence-corrected chi connectivity index (χ4v) is 3.62. The van der Waals surface area contributed by atoms with E-state index in [9.17, 15) is 5.11 Å². The van der Waals surface area contributed by atoms with Crippen LogP contribution in [-0.4, -0.2) is 25.3 Å². The zero-order valence-electron chi connectivity index (χ0n) is 13.5. The van der Waals surface area contributed by atoms with Gasteiger partial charge in [-0.15, -0.1) is 11.3 Å². The third-order valence-corrected chi connectivity index (χ3v) is 5.04. The number of thiophene rings is 1. The molecule has 0 saturated carbocycles. The molecule has 5 rings (SSSR count). The van der Waals surface area contributed by atoms with Crippen molar-refractivity contribution in [3.63, 3.8) is 0 Å². The van der Waals surface area contributed by atoms with Crippen molar-refractivity contribution in [1.29, 1.82) is 0 Å². The summed E-state index contributed by atoms with van der Waals surface area (Å²) in [5.74, 6) is 1.59. The number of aromatic nitrogens is 4. The van der Waals surface area contributed by atoms with Gasteiger partial charge in [-0.25, -0.2) is 9.97 Å². The highest BCUT2D eigenvalue weighted by Crippen LogP contribution is 2.32. The quantitative estimate of drug-likeness (QED) is 0.435. The van der Waals surface area contributed by atoms with E-state index in [0.717, 1.165) is 38.2 Å². The number of phenolic OH excluding ortho intramolecular Hbond substituents is 1. The van der Waals surface area contributed by atoms with E-state index in [-0.39, 0.29) is 5.75 Å². The summed E-state index contributed by atoms with van der Waals surface area (Å²) in [5.41, 5.74) is 3.66. The first-order chi connectivity index (χ1) is 12.8. The third-order valence-electron chi connectivity index (χ3n) is 4.13. The normalized spacial score (nSPS) is 11.2. The minimum absolute atomic E-state index is 0.220. The van der Waals surface area contributed by atoms with E-state index in [0.29, 0.717) is 5.82 Å². The van der Waals surface area contributed by atoms with Crippen molar-refractivity contribution in [2.24, 2.45) is 0 Å². The number of fused-ring (bicyclic) bond motifs is 2. The van der Waals surface area contributed by atoms with E-state index < -0.39 is 0 Å². The van der Waals surface area contributed by atoms with Crippen LogP contribution in [0.1, 0.15) is 0 Å². The van der Waals surface area contributed by atoms with Gasteiger partial charge in [0.1, 0.15) is 5.75 Å². The van der Waals surface area contributed by atoms with Crippen LogP contribution in [-0.2, 0) is 0 Å². The van der Waals surface area contributed by atoms with E-state index in [1.54, 1.807) is 29.7 Å². The molecule has 0 atom stereocenters. The van der Waals surface area contributed by atoms with Crippen molar-refractivity contribution < 1.29 is 5.11 Å². The van der Waals surface area contributed by atoms with E-state index in [1.165, 1.54) is 0 Å². The number of benzene rings is 2. The molecule has 0 bridgehead atoms. The summed E-state index contributed by atoms with van der Waals surface area (Å²) in [6.07, 6.45) is 1.79. The molecule has 0 aliphatic carbocycles. The summed E-state index contributed by atoms with van der Waals surface area (Å²) in [6.45, 7) is 0. The molecule has 0 radical (unpaired) electrons. The van der Waals surface area contributed by atoms with E-state index in [4.69, 9.17) is 4.98 Å². The number of nitrogens with one attached hydrogen (secondary N) is 2. The summed E-state index contributed by atoms with van der Waals surface area (Å²) in [6, 6.07) is 14.9. The lowest BCUT2D eigenvalue weighted by molar-refractivity contribution is 0.475. The van der Waals surface area contributed by atoms with Gasteiger partial charge < -0.3 is 10.4 Å². The van der Waals surface area contributed by atoms with Crippen molar-refractivity contribution in [2.75, 3.05) is 5.32 Å². The predicted molar refractivity (Wildman–Crippen MR) is 104 cm³/mol. The number of hydrogen-bond acceptors (Lipinski definition) is 6. The highest BCUT2D eigenvalue weighted by Gasteiger charge is 2.11. The third kappa shape index (κ3) is 2.55. The fraction of sp³-hybridized carbons (Fsp3) is 0. The highest BCUT2D eigenvalue weighted by molar-refractivity contribution is 7.17. The summed E-state index contributed by atoms with van der Waals surface area (Å²) in [5, 5.41) is 22.9. The summed E-state index contributed by atoms with van der Waals surface area (Å²) in [7, 11) is 0. The first-order valence-corrected chi connectivity index (χ1v) is 8.89. The monoisotopic (exact) mass is 359 g/mol. The molecule has 3 aromatic heterocycles. The molecule has 0 fully saturated rings. The number of H-pyrrole nitrogens is 1. The minimum Gasteiger partial charge on any atom is -0.508 e. The largest absolute Gasteiger partial charge is 0.508 e. The molecule has 0 unspecified atom stereocenters. The van der Waals surface area contributed by atoms with Crippen LogP contribution < -0.4 is 5.32 Å². The second kappa shape index (κ2) is 5.82. The van der Waals surface area contributed by atoms with Gasteiger partial charge in [0.2, 0.25) is 0 Å². The lowest BCUT2D eigenvalue weighted by Crippen LogP contribution is -1.97. The smallest absolute Gasteiger partial charge is 0.162 e. The van der Waals surface area contributed by atoms with Crippen LogP contribution in [0.15, 0.2) is 60.1 Å². The molecule has 3 heterocycles. The maximum absolute atomic E-state index is 9.50. The van der Waals surface area contributed by atoms with Crippen molar-refractivity contribution in [3.8, 4) is 17.1 Å². The SMILES string of the molecule is Oc1ccc(-c2nc(Nc3ccc4[nH]ncc4c3)c3sccc3n2)cc1. The Kier molecular flexibility index (Phi) is 3.32. The zero-order valence-corrected chi connectivity index (χ0v) is 14.3. The van der Waals surface area contributed by atoms with Gasteiger partial charge in [0, 0.05) is 16.6 Å². The molecule has 3 N–H and O–H groups in total. The number of rotatable bonds is 3. The Bertz CT molecular complexity index is 1230. The van der Waals surface area contributed by atoms with Crippen molar-refractivity contribution >= 4 is 44.0 Å². The van der Waals surface area contributed by atoms with Crippen LogP contribution in [0.25, 0.3) is 32.5 Å². The van der Waals surface area contributed by atoms with Crippen LogP contribution >= 0.6 is 11.3 Å². The van der Waals surface area contributed by atoms with Crippen molar-refractivity contribution in [3.05, 3.63) is 60.1 Å². The van der Waals surface area contributed by atoms with Gasteiger partial charge in [0.15, 0.2) is 11.6 Å². The number of aromatic amines is 1. The number of anilines is 2. The molecule has 0 aliphatic heterocycles. The van der Waals surface area contributed by atoms with E-state index >= 15 is 0 Å². The van der Waals surface area contributed by atoms with Gasteiger partial charge in [0.25, 0.3) is 0 Å². The fourth-order valence-electron chi connectivity index (χ4n) is 2.85. The number of aromatic hydroxyl groups is 1. The van der Waals surface area contributed by atoms with Crippen LogP contribution in [0.2, 0.25) is 0 Å². The Morgan fingerprint density at radius 2 is 1.88 bits per heavy atom. The predicted octanol–water partition coefficient (Wildman–Crippen LogP) is 4.68. The Balaban J connectivity index is 1.61. The number of hydrogen-bond donors (Lipinski definition) is 3. The Morgan fingerprint density at radius 3 is 2.77 bits per heavy atom. The maximum Gasteiger partial charge on any atom is 0.162 e. The topological polar surface area (TPSA) is 86.7 Å². The van der Waals surface area contributed by atoms with Crippen LogP contribution in [0, 0.1) is 0 Å². The molecular formula is C19H13N5OS. The van der Waals surface area contributed by atoms with Gasteiger partial charge in [-0.05, 0) is 53.9 Å². The van der Waals surface area contributed by atoms with Crippen molar-refractivity contribution in [2.45, 2.75) is 0 Å². The molecule has 5 aromatic rings. The molecule has 6 nitrogen and oxygen atoms in total. The minimum atomic E-state index is 0.220. The molecule has 0 amide bonds. The molecular weight excluding hydrogens is 346 g/mol. The first-order valence-electron chi connectivity index (χ1n) is 8.01. The molecule has 0 spiro atoms. The maximum atomic E-state index is 9.50. The summed E-state index contributed by atoms with van der Waals surface area (Å²) >= 11 is 1.60. The second-order valence-electron chi connectivity index (χ2n) is 5.87. The van der Waals surface area contributed by atoms with Crippen LogP contribution in [0.4, 0.5) is 11.5 Å². The summed E-state index contributed by atoms with van der Waals surface area (Å²) in [4.78, 5) is 9.36. The zero-order chi connectivity index (χ0) is 17.5. The Morgan fingerprint density at radius 1 is 1.00 bits per heavy atom. The van der Waals surface area contributed by atoms with Gasteiger partial charge in [-0.3, -0.25) is 5.10 Å². The van der Waals surface area contributed by atoms with E-state index in [1.807, 2.05) is 41.8 Å². The van der Waals surface area contributed by atoms with Gasteiger partial charge in [0.05, 0.1) is 21.9 Å². The lowest BCUT2D eigenvalue weighted by atomic mass is 10.2. The molecule has 126 valence electrons. The van der Waals surface area contributed by atoms with E-state index in [2.05, 4.69) is 20.5 Å². The first kappa shape index (κ1) is 14.9. The Labute approximate surface area is 152 Å². The van der Waals surface area contributed by atoms with Gasteiger partial charge in [-0.1, -0.05) is 0 Å². The van der Waals surface area contributed by atoms with Crippen LogP contribution in [0.3, 0.4) is 0 Å². The van der Waals surface area contributed by atoms with Gasteiger partial charge in [-0.2, -0.15) is 5.10 Å². The summed E-state index contributed by atoms with van der Waals surface area (Å²) < 4.78 is 1.000. The Hall–Kier alpha value is -3.45. The average molecular weight is 359 g/mol. The average Bonchev–Trinajstić information content (AvgIpc) is 3.30. The highest BCUT2D eigenvalue weighted by atomic mass is 32.1. The molecule has 7 heteroatoms. The molecule has 0 aliphatic rings. The molecule has 2 aromatic carbocycles. The van der Waals surface area contributed by atoms with Crippen LogP contribution in [0.5, 0.6) is 5.75 Å². The standard InChI is InChI=1S/C19H13N5OS/c25-14-4-1-11(2-5-14)18-22-16-7-8-26-17(16)19(23-18)21-13-3-6-15-12(9-13)10-20-24-15/h1-10,25H,(H,20,24)(H,21,22,23). The molecule has 0 saturated heterocycles. The number of phenols is 1. The van der Waals surface area contributed by atoms with Gasteiger partial charge >= 0.3 is 0 Å². The number of nitrogens with zero attached hydrogens (tertiary/aromatic N) is 3.